The quantitative estimate of drug-likeness (QED) is 0.740. The number of hydrogen-bond donors (Lipinski definition) is 1. The zero-order valence-corrected chi connectivity index (χ0v) is 15.3. The molecule has 0 aliphatic carbocycles. The lowest BCUT2D eigenvalue weighted by molar-refractivity contribution is 0.102. The molecule has 1 N–H and O–H groups in total. The van der Waals surface area contributed by atoms with E-state index in [0.717, 1.165) is 11.8 Å². The standard InChI is InChI=1S/C18H14ClN3O3S/c1-26(24,25)16-9-13(7-8-15(16)19)18(23)22-14-10-20-17(21-11-14)12-5-3-2-4-6-12/h2-11H,1H3,(H,22,23). The summed E-state index contributed by atoms with van der Waals surface area (Å²) >= 11 is 5.89. The second-order valence-electron chi connectivity index (χ2n) is 5.53. The van der Waals surface area contributed by atoms with Gasteiger partial charge in [-0.05, 0) is 18.2 Å². The van der Waals surface area contributed by atoms with Crippen molar-refractivity contribution in [3.63, 3.8) is 0 Å². The van der Waals surface area contributed by atoms with Crippen LogP contribution in [0.2, 0.25) is 5.02 Å². The number of sulfone groups is 1. The first-order valence-electron chi connectivity index (χ1n) is 7.53. The highest BCUT2D eigenvalue weighted by Crippen LogP contribution is 2.23. The van der Waals surface area contributed by atoms with Gasteiger partial charge in [0.15, 0.2) is 15.7 Å². The Bertz CT molecular complexity index is 1050. The average molecular weight is 388 g/mol. The van der Waals surface area contributed by atoms with Gasteiger partial charge in [0, 0.05) is 17.4 Å². The van der Waals surface area contributed by atoms with E-state index >= 15 is 0 Å². The summed E-state index contributed by atoms with van der Waals surface area (Å²) < 4.78 is 23.4. The highest BCUT2D eigenvalue weighted by atomic mass is 35.5. The number of halogens is 1. The Morgan fingerprint density at radius 2 is 1.69 bits per heavy atom. The molecule has 6 nitrogen and oxygen atoms in total. The first-order valence-corrected chi connectivity index (χ1v) is 9.80. The number of nitrogens with zero attached hydrogens (tertiary/aromatic N) is 2. The number of rotatable bonds is 4. The minimum Gasteiger partial charge on any atom is -0.319 e. The number of amides is 1. The van der Waals surface area contributed by atoms with Crippen LogP contribution in [0.3, 0.4) is 0 Å². The maximum Gasteiger partial charge on any atom is 0.255 e. The Labute approximate surface area is 155 Å². The summed E-state index contributed by atoms with van der Waals surface area (Å²) in [4.78, 5) is 20.7. The highest BCUT2D eigenvalue weighted by Gasteiger charge is 2.16. The third-order valence-electron chi connectivity index (χ3n) is 3.53. The number of carbonyl (C=O) groups excluding carboxylic acids is 1. The molecule has 2 aromatic carbocycles. The van der Waals surface area contributed by atoms with E-state index < -0.39 is 15.7 Å². The largest absolute Gasteiger partial charge is 0.319 e. The van der Waals surface area contributed by atoms with E-state index in [9.17, 15) is 13.2 Å². The lowest BCUT2D eigenvalue weighted by Gasteiger charge is -2.08. The maximum atomic E-state index is 12.4. The van der Waals surface area contributed by atoms with Crippen LogP contribution in [-0.4, -0.2) is 30.5 Å². The van der Waals surface area contributed by atoms with Gasteiger partial charge in [0.05, 0.1) is 28.0 Å². The van der Waals surface area contributed by atoms with Gasteiger partial charge in [-0.3, -0.25) is 4.79 Å². The molecule has 1 aromatic heterocycles. The van der Waals surface area contributed by atoms with E-state index in [2.05, 4.69) is 15.3 Å². The van der Waals surface area contributed by atoms with Crippen LogP contribution in [0.5, 0.6) is 0 Å². The highest BCUT2D eigenvalue weighted by molar-refractivity contribution is 7.90. The van der Waals surface area contributed by atoms with Crippen LogP contribution in [0.15, 0.2) is 65.8 Å². The van der Waals surface area contributed by atoms with Crippen molar-refractivity contribution in [3.05, 3.63) is 71.5 Å². The molecule has 0 unspecified atom stereocenters. The lowest BCUT2D eigenvalue weighted by Crippen LogP contribution is -2.13. The number of carbonyl (C=O) groups is 1. The zero-order chi connectivity index (χ0) is 18.7. The molecule has 1 heterocycles. The molecule has 0 atom stereocenters. The van der Waals surface area contributed by atoms with Crippen LogP contribution >= 0.6 is 11.6 Å². The minimum atomic E-state index is -3.54. The second-order valence-corrected chi connectivity index (χ2v) is 7.92. The SMILES string of the molecule is CS(=O)(=O)c1cc(C(=O)Nc2cnc(-c3ccccc3)nc2)ccc1Cl. The Morgan fingerprint density at radius 3 is 2.31 bits per heavy atom. The predicted octanol–water partition coefficient (Wildman–Crippen LogP) is 3.45. The molecule has 0 saturated heterocycles. The fourth-order valence-corrected chi connectivity index (χ4v) is 3.56. The van der Waals surface area contributed by atoms with Gasteiger partial charge in [0.25, 0.3) is 5.91 Å². The van der Waals surface area contributed by atoms with Crippen molar-refractivity contribution in [1.29, 1.82) is 0 Å². The van der Waals surface area contributed by atoms with Crippen LogP contribution in [-0.2, 0) is 9.84 Å². The summed E-state index contributed by atoms with van der Waals surface area (Å²) in [5.74, 6) is 0.0529. The number of benzene rings is 2. The Kier molecular flexibility index (Phi) is 5.01. The predicted molar refractivity (Wildman–Crippen MR) is 100.0 cm³/mol. The zero-order valence-electron chi connectivity index (χ0n) is 13.7. The summed E-state index contributed by atoms with van der Waals surface area (Å²) in [5.41, 5.74) is 1.42. The monoisotopic (exact) mass is 387 g/mol. The van der Waals surface area contributed by atoms with Gasteiger partial charge < -0.3 is 5.32 Å². The molecular formula is C18H14ClN3O3S. The van der Waals surface area contributed by atoms with Crippen molar-refractivity contribution >= 4 is 33.0 Å². The van der Waals surface area contributed by atoms with Crippen molar-refractivity contribution in [1.82, 2.24) is 9.97 Å². The van der Waals surface area contributed by atoms with Crippen molar-refractivity contribution in [3.8, 4) is 11.4 Å². The molecule has 3 rings (SSSR count). The minimum absolute atomic E-state index is 0.0691. The number of hydrogen-bond acceptors (Lipinski definition) is 5. The van der Waals surface area contributed by atoms with Crippen molar-refractivity contribution in [2.45, 2.75) is 4.90 Å². The van der Waals surface area contributed by atoms with Crippen LogP contribution in [0, 0.1) is 0 Å². The average Bonchev–Trinajstić information content (AvgIpc) is 2.62. The molecule has 0 radical (unpaired) electrons. The smallest absolute Gasteiger partial charge is 0.255 e. The molecule has 0 spiro atoms. The summed E-state index contributed by atoms with van der Waals surface area (Å²) in [7, 11) is -3.54. The maximum absolute atomic E-state index is 12.4. The van der Waals surface area contributed by atoms with Crippen LogP contribution in [0.25, 0.3) is 11.4 Å². The molecule has 1 amide bonds. The Morgan fingerprint density at radius 1 is 1.04 bits per heavy atom. The molecular weight excluding hydrogens is 374 g/mol. The third kappa shape index (κ3) is 4.07. The molecule has 0 bridgehead atoms. The van der Waals surface area contributed by atoms with E-state index in [-0.39, 0.29) is 15.5 Å². The van der Waals surface area contributed by atoms with E-state index in [1.54, 1.807) is 0 Å². The number of aromatic nitrogens is 2. The Hall–Kier alpha value is -2.77. The van der Waals surface area contributed by atoms with Crippen molar-refractivity contribution < 1.29 is 13.2 Å². The number of anilines is 1. The summed E-state index contributed by atoms with van der Waals surface area (Å²) in [6.07, 6.45) is 4.01. The summed E-state index contributed by atoms with van der Waals surface area (Å²) in [6.45, 7) is 0. The fourth-order valence-electron chi connectivity index (χ4n) is 2.26. The third-order valence-corrected chi connectivity index (χ3v) is 5.11. The normalized spacial score (nSPS) is 11.2. The van der Waals surface area contributed by atoms with E-state index in [0.29, 0.717) is 11.5 Å². The van der Waals surface area contributed by atoms with E-state index in [1.165, 1.54) is 30.6 Å². The van der Waals surface area contributed by atoms with Gasteiger partial charge >= 0.3 is 0 Å². The second kappa shape index (κ2) is 7.23. The van der Waals surface area contributed by atoms with Crippen LogP contribution < -0.4 is 5.32 Å². The molecule has 0 saturated carbocycles. The van der Waals surface area contributed by atoms with Gasteiger partial charge in [-0.1, -0.05) is 41.9 Å². The lowest BCUT2D eigenvalue weighted by atomic mass is 10.2. The van der Waals surface area contributed by atoms with E-state index in [1.807, 2.05) is 30.3 Å². The summed E-state index contributed by atoms with van der Waals surface area (Å²) in [6, 6.07) is 13.5. The molecule has 0 aliphatic rings. The fraction of sp³-hybridized carbons (Fsp3) is 0.0556. The molecule has 8 heteroatoms. The molecule has 3 aromatic rings. The van der Waals surface area contributed by atoms with Gasteiger partial charge in [-0.25, -0.2) is 18.4 Å². The molecule has 132 valence electrons. The van der Waals surface area contributed by atoms with Crippen molar-refractivity contribution in [2.24, 2.45) is 0 Å². The first-order chi connectivity index (χ1) is 12.3. The van der Waals surface area contributed by atoms with Gasteiger partial charge in [0.2, 0.25) is 0 Å². The first kappa shape index (κ1) is 18.0. The molecule has 0 fully saturated rings. The van der Waals surface area contributed by atoms with Gasteiger partial charge in [0.1, 0.15) is 0 Å². The van der Waals surface area contributed by atoms with E-state index in [4.69, 9.17) is 11.6 Å². The number of nitrogens with one attached hydrogen (secondary N) is 1. The van der Waals surface area contributed by atoms with Gasteiger partial charge in [-0.15, -0.1) is 0 Å². The van der Waals surface area contributed by atoms with Crippen molar-refractivity contribution in [2.75, 3.05) is 11.6 Å². The Balaban J connectivity index is 1.80. The van der Waals surface area contributed by atoms with Crippen LogP contribution in [0.4, 0.5) is 5.69 Å². The molecule has 26 heavy (non-hydrogen) atoms. The topological polar surface area (TPSA) is 89.0 Å². The van der Waals surface area contributed by atoms with Crippen LogP contribution in [0.1, 0.15) is 10.4 Å². The van der Waals surface area contributed by atoms with Gasteiger partial charge in [-0.2, -0.15) is 0 Å². The molecule has 0 aliphatic heterocycles. The summed E-state index contributed by atoms with van der Waals surface area (Å²) in [5, 5.41) is 2.70.